The molecule has 1 fully saturated rings. The second kappa shape index (κ2) is 7.40. The normalized spacial score (nSPS) is 22.7. The van der Waals surface area contributed by atoms with Gasteiger partial charge in [0.2, 0.25) is 0 Å². The molecule has 4 rings (SSSR count). The monoisotopic (exact) mass is 419 g/mol. The van der Waals surface area contributed by atoms with Gasteiger partial charge in [0.1, 0.15) is 5.75 Å². The summed E-state index contributed by atoms with van der Waals surface area (Å²) >= 11 is 1.52. The Hall–Kier alpha value is -1.92. The van der Waals surface area contributed by atoms with Gasteiger partial charge in [-0.25, -0.2) is 0 Å². The molecule has 0 amide bonds. The van der Waals surface area contributed by atoms with Crippen molar-refractivity contribution in [2.24, 2.45) is 0 Å². The first-order chi connectivity index (χ1) is 13.7. The first-order valence-electron chi connectivity index (χ1n) is 9.69. The lowest BCUT2D eigenvalue weighted by Gasteiger charge is -2.32. The van der Waals surface area contributed by atoms with Crippen LogP contribution in [0.5, 0.6) is 5.75 Å². The highest BCUT2D eigenvalue weighted by molar-refractivity contribution is 8.01. The molecule has 1 atom stereocenters. The van der Waals surface area contributed by atoms with Crippen molar-refractivity contribution in [3.63, 3.8) is 0 Å². The van der Waals surface area contributed by atoms with Crippen molar-refractivity contribution in [3.8, 4) is 5.75 Å². The number of thioether (sulfide) groups is 1. The predicted octanol–water partition coefficient (Wildman–Crippen LogP) is 6.21. The predicted molar refractivity (Wildman–Crippen MR) is 111 cm³/mol. The number of methoxy groups -OCH3 is 1. The van der Waals surface area contributed by atoms with Gasteiger partial charge in [0.05, 0.1) is 17.4 Å². The van der Waals surface area contributed by atoms with Gasteiger partial charge in [0.25, 0.3) is 0 Å². The van der Waals surface area contributed by atoms with Gasteiger partial charge in [-0.05, 0) is 55.6 Å². The summed E-state index contributed by atoms with van der Waals surface area (Å²) in [6.45, 7) is 4.05. The number of ether oxygens (including phenoxy) is 1. The SMILES string of the molecule is COc1cc2c(cc1C(F)(F)F)SC(C)(c1ccccc1)C2=C1CCN(C)CC1. The zero-order valence-corrected chi connectivity index (χ0v) is 17.6. The van der Waals surface area contributed by atoms with Gasteiger partial charge in [-0.15, -0.1) is 11.8 Å². The van der Waals surface area contributed by atoms with Crippen LogP contribution in [0.25, 0.3) is 5.57 Å². The van der Waals surface area contributed by atoms with E-state index in [1.165, 1.54) is 30.5 Å². The van der Waals surface area contributed by atoms with Crippen LogP contribution in [0.2, 0.25) is 0 Å². The number of halogens is 3. The van der Waals surface area contributed by atoms with Crippen molar-refractivity contribution < 1.29 is 17.9 Å². The van der Waals surface area contributed by atoms with E-state index in [0.29, 0.717) is 4.90 Å². The largest absolute Gasteiger partial charge is 0.496 e. The van der Waals surface area contributed by atoms with Crippen LogP contribution in [0, 0.1) is 0 Å². The molecule has 0 aliphatic carbocycles. The highest BCUT2D eigenvalue weighted by atomic mass is 32.2. The van der Waals surface area contributed by atoms with Crippen LogP contribution < -0.4 is 4.74 Å². The van der Waals surface area contributed by atoms with Gasteiger partial charge in [-0.3, -0.25) is 0 Å². The Bertz CT molecular complexity index is 945. The molecule has 1 saturated heterocycles. The third-order valence-electron chi connectivity index (χ3n) is 5.94. The molecule has 0 saturated carbocycles. The van der Waals surface area contributed by atoms with Gasteiger partial charge in [-0.1, -0.05) is 35.9 Å². The van der Waals surface area contributed by atoms with Gasteiger partial charge in [0.15, 0.2) is 0 Å². The summed E-state index contributed by atoms with van der Waals surface area (Å²) < 4.78 is 45.6. The molecule has 0 radical (unpaired) electrons. The molecule has 2 aromatic carbocycles. The lowest BCUT2D eigenvalue weighted by Crippen LogP contribution is -2.28. The third-order valence-corrected chi connectivity index (χ3v) is 7.34. The molecule has 1 unspecified atom stereocenters. The average Bonchev–Trinajstić information content (AvgIpc) is 3.00. The van der Waals surface area contributed by atoms with Crippen LogP contribution in [-0.2, 0) is 10.9 Å². The Kier molecular flexibility index (Phi) is 5.20. The van der Waals surface area contributed by atoms with Gasteiger partial charge >= 0.3 is 6.18 Å². The van der Waals surface area contributed by atoms with E-state index in [-0.39, 0.29) is 5.75 Å². The number of hydrogen-bond acceptors (Lipinski definition) is 3. The minimum Gasteiger partial charge on any atom is -0.496 e. The fourth-order valence-corrected chi connectivity index (χ4v) is 5.88. The molecule has 29 heavy (non-hydrogen) atoms. The maximum Gasteiger partial charge on any atom is 0.420 e. The summed E-state index contributed by atoms with van der Waals surface area (Å²) in [5.41, 5.74) is 3.77. The molecule has 6 heteroatoms. The first kappa shape index (κ1) is 20.4. The minimum atomic E-state index is -4.45. The lowest BCUT2D eigenvalue weighted by atomic mass is 9.81. The zero-order valence-electron chi connectivity index (χ0n) is 16.8. The van der Waals surface area contributed by atoms with Crippen LogP contribution in [0.1, 0.15) is 36.5 Å². The van der Waals surface area contributed by atoms with Crippen molar-refractivity contribution in [1.29, 1.82) is 0 Å². The first-order valence-corrected chi connectivity index (χ1v) is 10.5. The summed E-state index contributed by atoms with van der Waals surface area (Å²) in [6.07, 6.45) is -2.59. The van der Waals surface area contributed by atoms with Crippen molar-refractivity contribution in [1.82, 2.24) is 4.90 Å². The molecule has 0 N–H and O–H groups in total. The third kappa shape index (κ3) is 3.57. The topological polar surface area (TPSA) is 12.5 Å². The van der Waals surface area contributed by atoms with E-state index in [1.807, 2.05) is 18.2 Å². The van der Waals surface area contributed by atoms with Crippen molar-refractivity contribution in [3.05, 3.63) is 64.7 Å². The van der Waals surface area contributed by atoms with Crippen molar-refractivity contribution in [2.45, 2.75) is 35.6 Å². The summed E-state index contributed by atoms with van der Waals surface area (Å²) in [5, 5.41) is 0. The minimum absolute atomic E-state index is 0.111. The van der Waals surface area contributed by atoms with E-state index >= 15 is 0 Å². The summed E-state index contributed by atoms with van der Waals surface area (Å²) in [7, 11) is 3.41. The van der Waals surface area contributed by atoms with Crippen LogP contribution >= 0.6 is 11.8 Å². The second-order valence-corrected chi connectivity index (χ2v) is 9.29. The standard InChI is InChI=1S/C23H24F3NOS/c1-22(16-7-5-4-6-8-16)21(15-9-11-27(2)12-10-15)17-13-19(28-3)18(23(24,25)26)14-20(17)29-22/h4-8,13-14H,9-12H2,1-3H3. The Labute approximate surface area is 173 Å². The van der Waals surface area contributed by atoms with E-state index in [1.54, 1.807) is 6.07 Å². The molecule has 0 bridgehead atoms. The van der Waals surface area contributed by atoms with E-state index in [2.05, 4.69) is 31.0 Å². The summed E-state index contributed by atoms with van der Waals surface area (Å²) in [5.74, 6) is -0.111. The molecule has 0 aromatic heterocycles. The van der Waals surface area contributed by atoms with E-state index in [0.717, 1.165) is 42.6 Å². The molecule has 2 heterocycles. The smallest absolute Gasteiger partial charge is 0.420 e. The Morgan fingerprint density at radius 1 is 1.07 bits per heavy atom. The molecule has 2 aliphatic rings. The van der Waals surface area contributed by atoms with Crippen molar-refractivity contribution in [2.75, 3.05) is 27.2 Å². The van der Waals surface area contributed by atoms with Gasteiger partial charge < -0.3 is 9.64 Å². The molecule has 0 spiro atoms. The highest BCUT2D eigenvalue weighted by Gasteiger charge is 2.45. The van der Waals surface area contributed by atoms with Gasteiger partial charge in [-0.2, -0.15) is 13.2 Å². The van der Waals surface area contributed by atoms with Crippen molar-refractivity contribution >= 4 is 17.3 Å². The Morgan fingerprint density at radius 2 is 1.72 bits per heavy atom. The Balaban J connectivity index is 1.94. The lowest BCUT2D eigenvalue weighted by molar-refractivity contribution is -0.138. The number of piperidine rings is 1. The van der Waals surface area contributed by atoms with Crippen LogP contribution in [-0.4, -0.2) is 32.1 Å². The fourth-order valence-electron chi connectivity index (χ4n) is 4.38. The second-order valence-electron chi connectivity index (χ2n) is 7.83. The van der Waals surface area contributed by atoms with Gasteiger partial charge in [0, 0.05) is 18.0 Å². The number of likely N-dealkylation sites (tertiary alicyclic amines) is 1. The molecule has 154 valence electrons. The highest BCUT2D eigenvalue weighted by Crippen LogP contribution is 2.61. The zero-order chi connectivity index (χ0) is 20.8. The maximum atomic E-state index is 13.6. The number of hydrogen-bond donors (Lipinski definition) is 0. The Morgan fingerprint density at radius 3 is 2.31 bits per heavy atom. The van der Waals surface area contributed by atoms with E-state index in [9.17, 15) is 13.2 Å². The quantitative estimate of drug-likeness (QED) is 0.574. The molecule has 2 nitrogen and oxygen atoms in total. The number of nitrogens with zero attached hydrogens (tertiary/aromatic N) is 1. The van der Waals surface area contributed by atoms with Crippen LogP contribution in [0.15, 0.2) is 52.9 Å². The molecular weight excluding hydrogens is 395 g/mol. The van der Waals surface area contributed by atoms with E-state index in [4.69, 9.17) is 4.74 Å². The molecule has 2 aliphatic heterocycles. The van der Waals surface area contributed by atoms with Crippen LogP contribution in [0.3, 0.4) is 0 Å². The molecule has 2 aromatic rings. The van der Waals surface area contributed by atoms with Crippen LogP contribution in [0.4, 0.5) is 13.2 Å². The van der Waals surface area contributed by atoms with E-state index < -0.39 is 16.5 Å². The average molecular weight is 420 g/mol. The summed E-state index contributed by atoms with van der Waals surface area (Å²) in [6, 6.07) is 12.9. The number of alkyl halides is 3. The number of rotatable bonds is 2. The maximum absolute atomic E-state index is 13.6. The number of fused-ring (bicyclic) bond motifs is 1. The number of benzene rings is 2. The molecular formula is C23H24F3NOS. The summed E-state index contributed by atoms with van der Waals surface area (Å²) in [4.78, 5) is 2.96. The fraction of sp³-hybridized carbons (Fsp3) is 0.391.